The molecule has 4 aromatic carbocycles. The summed E-state index contributed by atoms with van der Waals surface area (Å²) in [6.07, 6.45) is 2.50. The third-order valence-electron chi connectivity index (χ3n) is 7.96. The van der Waals surface area contributed by atoms with E-state index < -0.39 is 0 Å². The summed E-state index contributed by atoms with van der Waals surface area (Å²) in [4.78, 5) is 32.4. The number of rotatable bonds is 10. The summed E-state index contributed by atoms with van der Waals surface area (Å²) in [6, 6.07) is 26.9. The van der Waals surface area contributed by atoms with Crippen molar-refractivity contribution in [3.8, 4) is 11.5 Å². The molecule has 0 atom stereocenters. The first-order valence-electron chi connectivity index (χ1n) is 14.4. The topological polar surface area (TPSA) is 80.3 Å². The van der Waals surface area contributed by atoms with Crippen LogP contribution in [0.4, 0.5) is 0 Å². The lowest BCUT2D eigenvalue weighted by atomic mass is 10.1. The van der Waals surface area contributed by atoms with Gasteiger partial charge in [-0.1, -0.05) is 48.5 Å². The van der Waals surface area contributed by atoms with Gasteiger partial charge in [0, 0.05) is 13.1 Å². The smallest absolute Gasteiger partial charge is 0.331 e. The van der Waals surface area contributed by atoms with Crippen LogP contribution in [0.1, 0.15) is 28.7 Å². The van der Waals surface area contributed by atoms with Gasteiger partial charge in [-0.05, 0) is 78.9 Å². The number of aromatic nitrogens is 4. The molecule has 43 heavy (non-hydrogen) atoms. The van der Waals surface area contributed by atoms with E-state index in [1.54, 1.807) is 23.8 Å². The van der Waals surface area contributed by atoms with E-state index in [-0.39, 0.29) is 17.8 Å². The summed E-state index contributed by atoms with van der Waals surface area (Å²) in [6.45, 7) is 5.72. The number of ether oxygens (including phenoxy) is 2. The van der Waals surface area contributed by atoms with Crippen molar-refractivity contribution in [2.24, 2.45) is 0 Å². The normalized spacial score (nSPS) is 11.3. The zero-order valence-corrected chi connectivity index (χ0v) is 24.6. The zero-order chi connectivity index (χ0) is 29.9. The summed E-state index contributed by atoms with van der Waals surface area (Å²) >= 11 is 0. The van der Waals surface area contributed by atoms with Crippen LogP contribution in [-0.2, 0) is 26.2 Å². The predicted molar refractivity (Wildman–Crippen MR) is 169 cm³/mol. The van der Waals surface area contributed by atoms with Crippen LogP contribution in [0.15, 0.2) is 101 Å². The van der Waals surface area contributed by atoms with E-state index >= 15 is 0 Å². The molecule has 0 radical (unpaired) electrons. The van der Waals surface area contributed by atoms with Gasteiger partial charge in [0.2, 0.25) is 0 Å². The molecule has 0 aliphatic rings. The van der Waals surface area contributed by atoms with Crippen molar-refractivity contribution in [3.63, 3.8) is 0 Å². The summed E-state index contributed by atoms with van der Waals surface area (Å²) in [5.41, 5.74) is 6.07. The second kappa shape index (κ2) is 12.0. The molecule has 6 rings (SSSR count). The molecule has 0 unspecified atom stereocenters. The van der Waals surface area contributed by atoms with Crippen molar-refractivity contribution in [2.45, 2.75) is 46.5 Å². The van der Waals surface area contributed by atoms with Gasteiger partial charge in [0.05, 0.1) is 36.4 Å². The molecule has 2 heterocycles. The number of nitrogens with zero attached hydrogens (tertiary/aromatic N) is 4. The average Bonchev–Trinajstić information content (AvgIpc) is 3.41. The van der Waals surface area contributed by atoms with E-state index in [9.17, 15) is 9.59 Å². The molecule has 218 valence electrons. The van der Waals surface area contributed by atoms with Crippen molar-refractivity contribution < 1.29 is 9.47 Å². The summed E-state index contributed by atoms with van der Waals surface area (Å²) in [7, 11) is 1.60. The standard InChI is InChI=1S/C35H34N4O4/c1-24-19-30-31(20-25(24)2)37(23-36-30)17-8-18-38-33-29(11-7-12-32(33)43-22-27-9-5-4-6-10-27)34(40)39(35(38)41)21-26-13-15-28(42-3)16-14-26/h4-7,9-16,19-20,23H,8,17-18,21-22H2,1-3H3. The van der Waals surface area contributed by atoms with E-state index in [0.717, 1.165) is 22.2 Å². The van der Waals surface area contributed by atoms with Crippen LogP contribution in [0.5, 0.6) is 11.5 Å². The second-order valence-electron chi connectivity index (χ2n) is 10.8. The minimum Gasteiger partial charge on any atom is -0.497 e. The highest BCUT2D eigenvalue weighted by Gasteiger charge is 2.18. The Balaban J connectivity index is 1.39. The van der Waals surface area contributed by atoms with E-state index in [1.165, 1.54) is 15.7 Å². The third-order valence-corrected chi connectivity index (χ3v) is 7.96. The average molecular weight is 575 g/mol. The third kappa shape index (κ3) is 5.68. The molecule has 0 aliphatic heterocycles. The fourth-order valence-electron chi connectivity index (χ4n) is 5.45. The van der Waals surface area contributed by atoms with Crippen molar-refractivity contribution >= 4 is 21.9 Å². The molecule has 0 fully saturated rings. The molecule has 0 amide bonds. The number of benzene rings is 4. The maximum Gasteiger partial charge on any atom is 0.331 e. The van der Waals surface area contributed by atoms with E-state index in [4.69, 9.17) is 9.47 Å². The number of imidazole rings is 1. The van der Waals surface area contributed by atoms with Crippen molar-refractivity contribution in [1.82, 2.24) is 18.7 Å². The van der Waals surface area contributed by atoms with Crippen LogP contribution in [0.3, 0.4) is 0 Å². The molecule has 0 saturated carbocycles. The van der Waals surface area contributed by atoms with Gasteiger partial charge in [0.15, 0.2) is 0 Å². The Morgan fingerprint density at radius 2 is 1.56 bits per heavy atom. The van der Waals surface area contributed by atoms with Crippen LogP contribution in [0.25, 0.3) is 21.9 Å². The minimum absolute atomic E-state index is 0.150. The SMILES string of the molecule is COc1ccc(Cn2c(=O)c3cccc(OCc4ccccc4)c3n(CCCn3cnc4cc(C)c(C)cc43)c2=O)cc1. The Morgan fingerprint density at radius 3 is 2.33 bits per heavy atom. The lowest BCUT2D eigenvalue weighted by Gasteiger charge is -2.18. The Labute approximate surface area is 249 Å². The first-order valence-corrected chi connectivity index (χ1v) is 14.4. The lowest BCUT2D eigenvalue weighted by Crippen LogP contribution is -2.40. The maximum atomic E-state index is 14.1. The summed E-state index contributed by atoms with van der Waals surface area (Å²) < 4.78 is 16.6. The van der Waals surface area contributed by atoms with Gasteiger partial charge in [-0.2, -0.15) is 0 Å². The number of methoxy groups -OCH3 is 1. The molecule has 8 heteroatoms. The first kappa shape index (κ1) is 28.0. The van der Waals surface area contributed by atoms with Gasteiger partial charge in [-0.3, -0.25) is 13.9 Å². The molecular weight excluding hydrogens is 540 g/mol. The molecular formula is C35H34N4O4. The molecule has 0 N–H and O–H groups in total. The molecule has 0 spiro atoms. The van der Waals surface area contributed by atoms with E-state index in [0.29, 0.717) is 48.5 Å². The molecule has 0 saturated heterocycles. The maximum absolute atomic E-state index is 14.1. The monoisotopic (exact) mass is 574 g/mol. The highest BCUT2D eigenvalue weighted by Crippen LogP contribution is 2.25. The Hall–Kier alpha value is -5.11. The van der Waals surface area contributed by atoms with Crippen LogP contribution >= 0.6 is 0 Å². The van der Waals surface area contributed by atoms with Gasteiger partial charge in [-0.15, -0.1) is 0 Å². The van der Waals surface area contributed by atoms with Gasteiger partial charge in [0.1, 0.15) is 23.6 Å². The molecule has 0 bridgehead atoms. The quantitative estimate of drug-likeness (QED) is 0.205. The molecule has 6 aromatic rings. The lowest BCUT2D eigenvalue weighted by molar-refractivity contribution is 0.308. The van der Waals surface area contributed by atoms with Crippen LogP contribution in [0, 0.1) is 13.8 Å². The number of hydrogen-bond donors (Lipinski definition) is 0. The Bertz CT molecular complexity index is 2020. The van der Waals surface area contributed by atoms with Crippen LogP contribution in [0.2, 0.25) is 0 Å². The summed E-state index contributed by atoms with van der Waals surface area (Å²) in [5.74, 6) is 1.22. The van der Waals surface area contributed by atoms with Crippen molar-refractivity contribution in [3.05, 3.63) is 134 Å². The summed E-state index contributed by atoms with van der Waals surface area (Å²) in [5, 5.41) is 0.442. The first-order chi connectivity index (χ1) is 20.9. The van der Waals surface area contributed by atoms with Gasteiger partial charge >= 0.3 is 5.69 Å². The van der Waals surface area contributed by atoms with Crippen molar-refractivity contribution in [1.29, 1.82) is 0 Å². The zero-order valence-electron chi connectivity index (χ0n) is 24.6. The predicted octanol–water partition coefficient (Wildman–Crippen LogP) is 5.86. The van der Waals surface area contributed by atoms with Gasteiger partial charge in [-0.25, -0.2) is 9.78 Å². The van der Waals surface area contributed by atoms with Crippen molar-refractivity contribution in [2.75, 3.05) is 7.11 Å². The fourth-order valence-corrected chi connectivity index (χ4v) is 5.45. The van der Waals surface area contributed by atoms with Gasteiger partial charge < -0.3 is 14.0 Å². The highest BCUT2D eigenvalue weighted by atomic mass is 16.5. The second-order valence-corrected chi connectivity index (χ2v) is 10.8. The number of fused-ring (bicyclic) bond motifs is 2. The molecule has 8 nitrogen and oxygen atoms in total. The highest BCUT2D eigenvalue weighted by molar-refractivity contribution is 5.84. The number of aryl methyl sites for hydroxylation is 4. The Kier molecular flexibility index (Phi) is 7.83. The van der Waals surface area contributed by atoms with Crippen LogP contribution in [-0.4, -0.2) is 25.8 Å². The Morgan fingerprint density at radius 1 is 0.791 bits per heavy atom. The number of hydrogen-bond acceptors (Lipinski definition) is 5. The van der Waals surface area contributed by atoms with Gasteiger partial charge in [0.25, 0.3) is 5.56 Å². The number of para-hydroxylation sites is 1. The van der Waals surface area contributed by atoms with E-state index in [2.05, 4.69) is 35.5 Å². The minimum atomic E-state index is -0.369. The van der Waals surface area contributed by atoms with Crippen LogP contribution < -0.4 is 20.7 Å². The molecule has 0 aliphatic carbocycles. The largest absolute Gasteiger partial charge is 0.497 e. The van der Waals surface area contributed by atoms with E-state index in [1.807, 2.05) is 67.0 Å². The molecule has 2 aromatic heterocycles. The fraction of sp³-hybridized carbons (Fsp3) is 0.229.